The minimum absolute atomic E-state index is 0.0832. The zero-order chi connectivity index (χ0) is 11.0. The van der Waals surface area contributed by atoms with Crippen LogP contribution in [-0.4, -0.2) is 9.55 Å². The number of rotatable bonds is 1. The largest absolute Gasteiger partial charge is 0.396 e. The van der Waals surface area contributed by atoms with Gasteiger partial charge in [0.2, 0.25) is 0 Å². The lowest BCUT2D eigenvalue weighted by Gasteiger charge is -2.04. The Morgan fingerprint density at radius 1 is 1.27 bits per heavy atom. The number of hydrogen-bond acceptors (Lipinski definition) is 2. The van der Waals surface area contributed by atoms with Crippen molar-refractivity contribution in [3.05, 3.63) is 46.6 Å². The van der Waals surface area contributed by atoms with Gasteiger partial charge < -0.3 is 10.7 Å². The molecule has 0 radical (unpaired) electrons. The zero-order valence-electron chi connectivity index (χ0n) is 7.50. The van der Waals surface area contributed by atoms with Crippen LogP contribution in [0.25, 0.3) is 5.69 Å². The van der Waals surface area contributed by atoms with Gasteiger partial charge in [-0.15, -0.1) is 0 Å². The van der Waals surface area contributed by atoms with Crippen molar-refractivity contribution in [1.29, 1.82) is 0 Å². The summed E-state index contributed by atoms with van der Waals surface area (Å²) in [6.45, 7) is 0. The number of nitrogens with zero attached hydrogens (tertiary/aromatic N) is 1. The topological polar surface area (TPSA) is 63.8 Å². The van der Waals surface area contributed by atoms with Crippen LogP contribution in [0.1, 0.15) is 0 Å². The Kier molecular flexibility index (Phi) is 2.03. The highest BCUT2D eigenvalue weighted by atomic mass is 19.1. The van der Waals surface area contributed by atoms with Crippen molar-refractivity contribution in [2.75, 3.05) is 5.73 Å². The van der Waals surface area contributed by atoms with Crippen LogP contribution in [0.5, 0.6) is 0 Å². The van der Waals surface area contributed by atoms with Crippen LogP contribution < -0.4 is 11.4 Å². The number of aromatic amines is 1. The number of benzene rings is 1. The molecule has 0 unspecified atom stereocenters. The molecular weight excluding hydrogens is 204 g/mol. The lowest BCUT2D eigenvalue weighted by atomic mass is 10.2. The monoisotopic (exact) mass is 211 g/mol. The van der Waals surface area contributed by atoms with Gasteiger partial charge in [-0.1, -0.05) is 0 Å². The molecule has 0 bridgehead atoms. The molecule has 1 heterocycles. The predicted molar refractivity (Wildman–Crippen MR) is 50.7 cm³/mol. The van der Waals surface area contributed by atoms with Gasteiger partial charge in [-0.25, -0.2) is 13.6 Å². The number of aromatic nitrogens is 2. The average molecular weight is 211 g/mol. The van der Waals surface area contributed by atoms with Crippen molar-refractivity contribution >= 4 is 5.69 Å². The van der Waals surface area contributed by atoms with E-state index in [2.05, 4.69) is 4.98 Å². The van der Waals surface area contributed by atoms with Crippen LogP contribution in [0.2, 0.25) is 0 Å². The second-order valence-corrected chi connectivity index (χ2v) is 2.96. The normalized spacial score (nSPS) is 10.5. The maximum Gasteiger partial charge on any atom is 0.330 e. The third-order valence-corrected chi connectivity index (χ3v) is 1.97. The molecule has 0 aliphatic heterocycles. The summed E-state index contributed by atoms with van der Waals surface area (Å²) in [5, 5.41) is 0. The summed E-state index contributed by atoms with van der Waals surface area (Å²) in [6, 6.07) is 1.71. The smallest absolute Gasteiger partial charge is 0.330 e. The van der Waals surface area contributed by atoms with Crippen LogP contribution in [0.4, 0.5) is 14.5 Å². The van der Waals surface area contributed by atoms with Gasteiger partial charge in [0.1, 0.15) is 11.6 Å². The second-order valence-electron chi connectivity index (χ2n) is 2.96. The molecule has 0 atom stereocenters. The molecule has 0 amide bonds. The summed E-state index contributed by atoms with van der Waals surface area (Å²) in [4.78, 5) is 13.5. The van der Waals surface area contributed by atoms with Crippen LogP contribution in [0.3, 0.4) is 0 Å². The standard InChI is InChI=1S/C9H7F2N3O/c10-5-3-6(11)8(4-7(5)12)14-2-1-13-9(14)15/h1-4H,12H2,(H,13,15). The number of imidazole rings is 1. The molecule has 0 aliphatic rings. The van der Waals surface area contributed by atoms with Crippen molar-refractivity contribution in [1.82, 2.24) is 9.55 Å². The van der Waals surface area contributed by atoms with Gasteiger partial charge in [0.15, 0.2) is 0 Å². The second kappa shape index (κ2) is 3.23. The van der Waals surface area contributed by atoms with Gasteiger partial charge >= 0.3 is 5.69 Å². The first-order valence-corrected chi connectivity index (χ1v) is 4.10. The Hall–Kier alpha value is -2.11. The molecule has 0 saturated heterocycles. The van der Waals surface area contributed by atoms with E-state index in [4.69, 9.17) is 5.73 Å². The third-order valence-electron chi connectivity index (χ3n) is 1.97. The molecule has 4 nitrogen and oxygen atoms in total. The molecule has 0 spiro atoms. The lowest BCUT2D eigenvalue weighted by molar-refractivity contribution is 0.579. The number of nitrogens with one attached hydrogen (secondary N) is 1. The highest BCUT2D eigenvalue weighted by molar-refractivity contribution is 5.49. The van der Waals surface area contributed by atoms with Crippen LogP contribution in [-0.2, 0) is 0 Å². The fourth-order valence-corrected chi connectivity index (χ4v) is 1.25. The Morgan fingerprint density at radius 3 is 2.60 bits per heavy atom. The number of nitrogens with two attached hydrogens (primary N) is 1. The van der Waals surface area contributed by atoms with Gasteiger partial charge in [0, 0.05) is 18.5 Å². The number of nitrogen functional groups attached to an aromatic ring is 1. The average Bonchev–Trinajstić information content (AvgIpc) is 2.58. The summed E-state index contributed by atoms with van der Waals surface area (Å²) in [5.41, 5.74) is 4.47. The molecule has 3 N–H and O–H groups in total. The van der Waals surface area contributed by atoms with Gasteiger partial charge in [-0.3, -0.25) is 4.57 Å². The van der Waals surface area contributed by atoms with Crippen LogP contribution >= 0.6 is 0 Å². The molecule has 0 saturated carbocycles. The SMILES string of the molecule is Nc1cc(-n2cc[nH]c2=O)c(F)cc1F. The Labute approximate surface area is 83.0 Å². The molecule has 2 aromatic rings. The predicted octanol–water partition coefficient (Wildman–Crippen LogP) is 1.03. The van der Waals surface area contributed by atoms with Gasteiger partial charge in [-0.05, 0) is 6.07 Å². The third kappa shape index (κ3) is 1.50. The van der Waals surface area contributed by atoms with E-state index in [0.29, 0.717) is 6.07 Å². The summed E-state index contributed by atoms with van der Waals surface area (Å²) >= 11 is 0. The minimum atomic E-state index is -0.847. The Balaban J connectivity index is 2.69. The van der Waals surface area contributed by atoms with E-state index in [1.54, 1.807) is 0 Å². The molecule has 1 aromatic heterocycles. The first kappa shape index (κ1) is 9.45. The van der Waals surface area contributed by atoms with Gasteiger partial charge in [0.25, 0.3) is 0 Å². The molecule has 0 aliphatic carbocycles. The lowest BCUT2D eigenvalue weighted by Crippen LogP contribution is -2.15. The summed E-state index contributed by atoms with van der Waals surface area (Å²) < 4.78 is 27.2. The minimum Gasteiger partial charge on any atom is -0.396 e. The maximum atomic E-state index is 13.3. The first-order valence-electron chi connectivity index (χ1n) is 4.10. The van der Waals surface area contributed by atoms with Crippen molar-refractivity contribution < 1.29 is 8.78 Å². The molecular formula is C9H7F2N3O. The van der Waals surface area contributed by atoms with E-state index in [0.717, 1.165) is 10.6 Å². The quantitative estimate of drug-likeness (QED) is 0.692. The fourth-order valence-electron chi connectivity index (χ4n) is 1.25. The molecule has 6 heteroatoms. The summed E-state index contributed by atoms with van der Waals surface area (Å²) in [6.07, 6.45) is 2.68. The van der Waals surface area contributed by atoms with E-state index >= 15 is 0 Å². The van der Waals surface area contributed by atoms with E-state index in [1.165, 1.54) is 12.4 Å². The summed E-state index contributed by atoms with van der Waals surface area (Å²) in [5.74, 6) is -1.69. The van der Waals surface area contributed by atoms with Gasteiger partial charge in [0.05, 0.1) is 11.4 Å². The van der Waals surface area contributed by atoms with Gasteiger partial charge in [-0.2, -0.15) is 0 Å². The Bertz CT molecular complexity index is 559. The van der Waals surface area contributed by atoms with E-state index < -0.39 is 17.3 Å². The molecule has 0 fully saturated rings. The zero-order valence-corrected chi connectivity index (χ0v) is 7.50. The number of H-pyrrole nitrogens is 1. The Morgan fingerprint density at radius 2 is 2.00 bits per heavy atom. The molecule has 2 rings (SSSR count). The van der Waals surface area contributed by atoms with E-state index in [-0.39, 0.29) is 11.4 Å². The number of halogens is 2. The highest BCUT2D eigenvalue weighted by Gasteiger charge is 2.10. The van der Waals surface area contributed by atoms with Crippen molar-refractivity contribution in [2.45, 2.75) is 0 Å². The van der Waals surface area contributed by atoms with E-state index in [1.807, 2.05) is 0 Å². The molecule has 1 aromatic carbocycles. The molecule has 78 valence electrons. The van der Waals surface area contributed by atoms with Crippen molar-refractivity contribution in [2.24, 2.45) is 0 Å². The van der Waals surface area contributed by atoms with E-state index in [9.17, 15) is 13.6 Å². The molecule has 15 heavy (non-hydrogen) atoms. The van der Waals surface area contributed by atoms with Crippen molar-refractivity contribution in [3.63, 3.8) is 0 Å². The first-order chi connectivity index (χ1) is 7.09. The fraction of sp³-hybridized carbons (Fsp3) is 0. The van der Waals surface area contributed by atoms with Crippen LogP contribution in [0, 0.1) is 11.6 Å². The number of hydrogen-bond donors (Lipinski definition) is 2. The maximum absolute atomic E-state index is 13.3. The number of anilines is 1. The highest BCUT2D eigenvalue weighted by Crippen LogP contribution is 2.18. The summed E-state index contributed by atoms with van der Waals surface area (Å²) in [7, 11) is 0. The van der Waals surface area contributed by atoms with Crippen LogP contribution in [0.15, 0.2) is 29.3 Å². The van der Waals surface area contributed by atoms with Crippen molar-refractivity contribution in [3.8, 4) is 5.69 Å².